The van der Waals surface area contributed by atoms with E-state index in [-0.39, 0.29) is 12.4 Å². The van der Waals surface area contributed by atoms with E-state index in [0.29, 0.717) is 17.1 Å². The molecule has 4 heteroatoms. The third-order valence-electron chi connectivity index (χ3n) is 3.14. The number of Topliss-reactive ketones (excluding diaryl/α,β-unsaturated/α-hetero) is 1. The molecule has 0 spiro atoms. The first-order valence-corrected chi connectivity index (χ1v) is 6.72. The molecule has 0 radical (unpaired) electrons. The second kappa shape index (κ2) is 6.88. The van der Waals surface area contributed by atoms with Gasteiger partial charge in [-0.25, -0.2) is 4.39 Å². The van der Waals surface area contributed by atoms with Crippen molar-refractivity contribution in [1.82, 2.24) is 0 Å². The molecule has 0 atom stereocenters. The lowest BCUT2D eigenvalue weighted by Gasteiger charge is -2.11. The van der Waals surface area contributed by atoms with E-state index < -0.39 is 5.82 Å². The Bertz CT molecular complexity index is 638. The fraction of sp³-hybridized carbons (Fsp3) is 0.235. The average molecular weight is 288 g/mol. The van der Waals surface area contributed by atoms with Crippen molar-refractivity contribution < 1.29 is 18.7 Å². The van der Waals surface area contributed by atoms with Gasteiger partial charge >= 0.3 is 0 Å². The molecule has 0 heterocycles. The van der Waals surface area contributed by atoms with E-state index >= 15 is 0 Å². The molecule has 2 aromatic rings. The summed E-state index contributed by atoms with van der Waals surface area (Å²) in [5, 5.41) is 0. The second-order valence-corrected chi connectivity index (χ2v) is 4.56. The van der Waals surface area contributed by atoms with E-state index in [1.807, 2.05) is 19.1 Å². The summed E-state index contributed by atoms with van der Waals surface area (Å²) in [5.74, 6) is 0.364. The van der Waals surface area contributed by atoms with Crippen LogP contribution in [-0.2, 0) is 6.42 Å². The predicted octanol–water partition coefficient (Wildman–Crippen LogP) is 3.66. The van der Waals surface area contributed by atoms with Crippen molar-refractivity contribution in [2.24, 2.45) is 0 Å². The number of benzene rings is 2. The lowest BCUT2D eigenvalue weighted by molar-refractivity contribution is 0.0919. The number of halogens is 1. The van der Waals surface area contributed by atoms with Gasteiger partial charge < -0.3 is 9.47 Å². The highest BCUT2D eigenvalue weighted by Crippen LogP contribution is 2.28. The van der Waals surface area contributed by atoms with Crippen LogP contribution in [0.2, 0.25) is 0 Å². The van der Waals surface area contributed by atoms with Gasteiger partial charge in [0.15, 0.2) is 23.9 Å². The molecule has 0 unspecified atom stereocenters. The van der Waals surface area contributed by atoms with Crippen molar-refractivity contribution in [3.8, 4) is 11.5 Å². The molecule has 0 aliphatic carbocycles. The zero-order valence-corrected chi connectivity index (χ0v) is 12.1. The zero-order chi connectivity index (χ0) is 15.2. The van der Waals surface area contributed by atoms with E-state index in [1.165, 1.54) is 18.2 Å². The van der Waals surface area contributed by atoms with Gasteiger partial charge in [-0.1, -0.05) is 25.1 Å². The summed E-state index contributed by atoms with van der Waals surface area (Å²) in [6.45, 7) is 1.88. The van der Waals surface area contributed by atoms with Crippen LogP contribution in [0, 0.1) is 5.82 Å². The summed E-state index contributed by atoms with van der Waals surface area (Å²) in [5.41, 5.74) is 1.41. The maximum Gasteiger partial charge on any atom is 0.200 e. The third kappa shape index (κ3) is 3.81. The Morgan fingerprint density at radius 3 is 2.62 bits per heavy atom. The normalized spacial score (nSPS) is 10.2. The molecule has 0 N–H and O–H groups in total. The van der Waals surface area contributed by atoms with E-state index in [1.54, 1.807) is 19.2 Å². The Kier molecular flexibility index (Phi) is 4.93. The van der Waals surface area contributed by atoms with Crippen molar-refractivity contribution in [3.63, 3.8) is 0 Å². The summed E-state index contributed by atoms with van der Waals surface area (Å²) in [4.78, 5) is 12.0. The van der Waals surface area contributed by atoms with Crippen LogP contribution in [0.1, 0.15) is 22.8 Å². The first-order chi connectivity index (χ1) is 10.1. The summed E-state index contributed by atoms with van der Waals surface area (Å²) < 4.78 is 23.8. The van der Waals surface area contributed by atoms with E-state index in [4.69, 9.17) is 9.47 Å². The standard InChI is InChI=1S/C17H17FO3/c1-3-12-7-8-16(17(9-12)20-2)21-11-15(19)13-5-4-6-14(18)10-13/h4-10H,3,11H2,1-2H3. The van der Waals surface area contributed by atoms with Crippen molar-refractivity contribution in [2.75, 3.05) is 13.7 Å². The lowest BCUT2D eigenvalue weighted by atomic mass is 10.1. The van der Waals surface area contributed by atoms with Crippen LogP contribution in [0.25, 0.3) is 0 Å². The van der Waals surface area contributed by atoms with Crippen molar-refractivity contribution in [3.05, 3.63) is 59.4 Å². The SMILES string of the molecule is CCc1ccc(OCC(=O)c2cccc(F)c2)c(OC)c1. The van der Waals surface area contributed by atoms with Gasteiger partial charge in [0, 0.05) is 5.56 Å². The molecule has 0 saturated heterocycles. The van der Waals surface area contributed by atoms with Crippen LogP contribution in [0.15, 0.2) is 42.5 Å². The van der Waals surface area contributed by atoms with Crippen LogP contribution in [0.3, 0.4) is 0 Å². The molecule has 0 aliphatic heterocycles. The Hall–Kier alpha value is -2.36. The van der Waals surface area contributed by atoms with Gasteiger partial charge in [0.05, 0.1) is 7.11 Å². The van der Waals surface area contributed by atoms with E-state index in [2.05, 4.69) is 0 Å². The first-order valence-electron chi connectivity index (χ1n) is 6.72. The number of ether oxygens (including phenoxy) is 2. The Balaban J connectivity index is 2.07. The Morgan fingerprint density at radius 1 is 1.14 bits per heavy atom. The van der Waals surface area contributed by atoms with Gasteiger partial charge in [-0.05, 0) is 36.2 Å². The highest BCUT2D eigenvalue weighted by molar-refractivity contribution is 5.97. The van der Waals surface area contributed by atoms with Gasteiger partial charge in [-0.3, -0.25) is 4.79 Å². The van der Waals surface area contributed by atoms with Crippen LogP contribution in [0.4, 0.5) is 4.39 Å². The summed E-state index contributed by atoms with van der Waals surface area (Å²) in [6.07, 6.45) is 0.888. The first kappa shape index (κ1) is 15.0. The van der Waals surface area contributed by atoms with Gasteiger partial charge in [-0.15, -0.1) is 0 Å². The number of hydrogen-bond donors (Lipinski definition) is 0. The number of methoxy groups -OCH3 is 1. The molecule has 0 bridgehead atoms. The van der Waals surface area contributed by atoms with Gasteiger partial charge in [-0.2, -0.15) is 0 Å². The highest BCUT2D eigenvalue weighted by atomic mass is 19.1. The van der Waals surface area contributed by atoms with Crippen LogP contribution < -0.4 is 9.47 Å². The van der Waals surface area contributed by atoms with E-state index in [0.717, 1.165) is 12.0 Å². The maximum atomic E-state index is 13.1. The third-order valence-corrected chi connectivity index (χ3v) is 3.14. The fourth-order valence-corrected chi connectivity index (χ4v) is 1.94. The predicted molar refractivity (Wildman–Crippen MR) is 78.6 cm³/mol. The molecule has 0 aromatic heterocycles. The molecule has 110 valence electrons. The average Bonchev–Trinajstić information content (AvgIpc) is 2.52. The topological polar surface area (TPSA) is 35.5 Å². The van der Waals surface area contributed by atoms with Crippen LogP contribution in [-0.4, -0.2) is 19.5 Å². The van der Waals surface area contributed by atoms with Crippen molar-refractivity contribution >= 4 is 5.78 Å². The minimum atomic E-state index is -0.439. The molecule has 0 fully saturated rings. The second-order valence-electron chi connectivity index (χ2n) is 4.56. The van der Waals surface area contributed by atoms with Gasteiger partial charge in [0.2, 0.25) is 0 Å². The molecule has 3 nitrogen and oxygen atoms in total. The monoisotopic (exact) mass is 288 g/mol. The van der Waals surface area contributed by atoms with Crippen LogP contribution in [0.5, 0.6) is 11.5 Å². The molecule has 21 heavy (non-hydrogen) atoms. The van der Waals surface area contributed by atoms with Crippen molar-refractivity contribution in [2.45, 2.75) is 13.3 Å². The number of hydrogen-bond acceptors (Lipinski definition) is 3. The highest BCUT2D eigenvalue weighted by Gasteiger charge is 2.10. The van der Waals surface area contributed by atoms with E-state index in [9.17, 15) is 9.18 Å². The Labute approximate surface area is 123 Å². The fourth-order valence-electron chi connectivity index (χ4n) is 1.94. The summed E-state index contributed by atoms with van der Waals surface area (Å²) in [7, 11) is 1.55. The van der Waals surface area contributed by atoms with Gasteiger partial charge in [0.1, 0.15) is 5.82 Å². The number of carbonyl (C=O) groups is 1. The smallest absolute Gasteiger partial charge is 0.200 e. The molecular formula is C17H17FO3. The number of rotatable bonds is 6. The number of ketones is 1. The zero-order valence-electron chi connectivity index (χ0n) is 12.1. The summed E-state index contributed by atoms with van der Waals surface area (Å²) >= 11 is 0. The van der Waals surface area contributed by atoms with Gasteiger partial charge in [0.25, 0.3) is 0 Å². The molecule has 0 amide bonds. The Morgan fingerprint density at radius 2 is 1.95 bits per heavy atom. The quantitative estimate of drug-likeness (QED) is 0.761. The molecule has 2 aromatic carbocycles. The number of carbonyl (C=O) groups excluding carboxylic acids is 1. The minimum absolute atomic E-state index is 0.161. The summed E-state index contributed by atoms with van der Waals surface area (Å²) in [6, 6.07) is 11.1. The number of aryl methyl sites for hydroxylation is 1. The maximum absolute atomic E-state index is 13.1. The lowest BCUT2D eigenvalue weighted by Crippen LogP contribution is -2.12. The molecule has 2 rings (SSSR count). The largest absolute Gasteiger partial charge is 0.493 e. The molecule has 0 saturated carbocycles. The van der Waals surface area contributed by atoms with Crippen molar-refractivity contribution in [1.29, 1.82) is 0 Å². The van der Waals surface area contributed by atoms with Crippen LogP contribution >= 0.6 is 0 Å². The minimum Gasteiger partial charge on any atom is -0.493 e. The molecule has 0 aliphatic rings. The molecular weight excluding hydrogens is 271 g/mol.